The molecular weight excluding hydrogens is 240 g/mol. The van der Waals surface area contributed by atoms with E-state index in [1.54, 1.807) is 0 Å². The quantitative estimate of drug-likeness (QED) is 0.779. The van der Waals surface area contributed by atoms with Gasteiger partial charge in [-0.2, -0.15) is 0 Å². The Morgan fingerprint density at radius 2 is 2.26 bits per heavy atom. The number of carbonyl (C=O) groups is 1. The van der Waals surface area contributed by atoms with Gasteiger partial charge in [-0.15, -0.1) is 6.58 Å². The summed E-state index contributed by atoms with van der Waals surface area (Å²) in [6, 6.07) is 0.653. The van der Waals surface area contributed by atoms with E-state index in [2.05, 4.69) is 18.8 Å². The topological polar surface area (TPSA) is 41.6 Å². The molecule has 2 unspecified atom stereocenters. The maximum atomic E-state index is 12.1. The molecule has 0 aromatic heterocycles. The highest BCUT2D eigenvalue weighted by Gasteiger charge is 2.31. The van der Waals surface area contributed by atoms with E-state index in [-0.39, 0.29) is 12.1 Å². The molecule has 1 amide bonds. The van der Waals surface area contributed by atoms with E-state index in [4.69, 9.17) is 4.74 Å². The molecule has 0 aliphatic carbocycles. The lowest BCUT2D eigenvalue weighted by Crippen LogP contribution is -2.45. The summed E-state index contributed by atoms with van der Waals surface area (Å²) < 4.78 is 5.45. The van der Waals surface area contributed by atoms with Gasteiger partial charge in [0.05, 0.1) is 0 Å². The Labute approximate surface area is 117 Å². The summed E-state index contributed by atoms with van der Waals surface area (Å²) in [5.41, 5.74) is -0.423. The van der Waals surface area contributed by atoms with Crippen molar-refractivity contribution in [3.63, 3.8) is 0 Å². The highest BCUT2D eigenvalue weighted by atomic mass is 16.6. The van der Waals surface area contributed by atoms with Gasteiger partial charge in [0.25, 0.3) is 0 Å². The smallest absolute Gasteiger partial charge is 0.410 e. The second-order valence-corrected chi connectivity index (χ2v) is 6.30. The molecule has 0 aromatic rings. The number of amides is 1. The van der Waals surface area contributed by atoms with Crippen molar-refractivity contribution in [2.75, 3.05) is 13.1 Å². The lowest BCUT2D eigenvalue weighted by molar-refractivity contribution is 0.0225. The second-order valence-electron chi connectivity index (χ2n) is 6.30. The van der Waals surface area contributed by atoms with Crippen molar-refractivity contribution in [3.05, 3.63) is 12.7 Å². The molecule has 0 radical (unpaired) electrons. The van der Waals surface area contributed by atoms with E-state index < -0.39 is 5.60 Å². The lowest BCUT2D eigenvalue weighted by Gasteiger charge is -2.29. The summed E-state index contributed by atoms with van der Waals surface area (Å²) in [4.78, 5) is 14.0. The first-order valence-corrected chi connectivity index (χ1v) is 7.17. The van der Waals surface area contributed by atoms with Crippen molar-refractivity contribution in [2.45, 2.75) is 64.6 Å². The van der Waals surface area contributed by atoms with E-state index in [1.807, 2.05) is 31.7 Å². The predicted octanol–water partition coefficient (Wildman–Crippen LogP) is 2.94. The van der Waals surface area contributed by atoms with E-state index in [0.29, 0.717) is 6.04 Å². The number of ether oxygens (including phenoxy) is 1. The Bertz CT molecular complexity index is 310. The second kappa shape index (κ2) is 6.94. The molecule has 0 saturated carbocycles. The fraction of sp³-hybridized carbons (Fsp3) is 0.800. The summed E-state index contributed by atoms with van der Waals surface area (Å²) in [6.45, 7) is 13.2. The molecule has 1 heterocycles. The monoisotopic (exact) mass is 268 g/mol. The van der Waals surface area contributed by atoms with E-state index in [9.17, 15) is 4.79 Å². The largest absolute Gasteiger partial charge is 0.444 e. The van der Waals surface area contributed by atoms with Crippen LogP contribution in [0.1, 0.15) is 47.0 Å². The van der Waals surface area contributed by atoms with Crippen molar-refractivity contribution < 1.29 is 9.53 Å². The standard InChI is InChI=1S/C15H28N2O2/c1-6-8-12(2)16-11-13-9-7-10-17(13)14(18)19-15(3,4)5/h6,12-13,16H,1,7-11H2,2-5H3. The Morgan fingerprint density at radius 1 is 1.58 bits per heavy atom. The molecule has 1 aliphatic rings. The first-order chi connectivity index (χ1) is 8.83. The van der Waals surface area contributed by atoms with Gasteiger partial charge in [0, 0.05) is 25.2 Å². The molecule has 1 rings (SSSR count). The van der Waals surface area contributed by atoms with Crippen LogP contribution in [0.15, 0.2) is 12.7 Å². The highest BCUT2D eigenvalue weighted by Crippen LogP contribution is 2.20. The van der Waals surface area contributed by atoms with E-state index >= 15 is 0 Å². The highest BCUT2D eigenvalue weighted by molar-refractivity contribution is 5.69. The summed E-state index contributed by atoms with van der Waals surface area (Å²) in [5.74, 6) is 0. The van der Waals surface area contributed by atoms with Crippen LogP contribution >= 0.6 is 0 Å². The van der Waals surface area contributed by atoms with E-state index in [1.165, 1.54) is 0 Å². The van der Waals surface area contributed by atoms with Gasteiger partial charge in [-0.05, 0) is 47.0 Å². The maximum Gasteiger partial charge on any atom is 0.410 e. The third-order valence-corrected chi connectivity index (χ3v) is 3.23. The minimum atomic E-state index is -0.423. The van der Waals surface area contributed by atoms with Crippen LogP contribution in [0, 0.1) is 0 Å². The van der Waals surface area contributed by atoms with Crippen molar-refractivity contribution in [1.29, 1.82) is 0 Å². The van der Waals surface area contributed by atoms with Crippen molar-refractivity contribution in [1.82, 2.24) is 10.2 Å². The third kappa shape index (κ3) is 5.64. The van der Waals surface area contributed by atoms with Crippen LogP contribution in [0.2, 0.25) is 0 Å². The first-order valence-electron chi connectivity index (χ1n) is 7.17. The number of likely N-dealkylation sites (tertiary alicyclic amines) is 1. The summed E-state index contributed by atoms with van der Waals surface area (Å²) >= 11 is 0. The normalized spacial score (nSPS) is 21.3. The number of hydrogen-bond acceptors (Lipinski definition) is 3. The molecule has 1 fully saturated rings. The van der Waals surface area contributed by atoms with Gasteiger partial charge in [-0.25, -0.2) is 4.79 Å². The molecule has 1 saturated heterocycles. The molecule has 4 nitrogen and oxygen atoms in total. The summed E-state index contributed by atoms with van der Waals surface area (Å²) in [5, 5.41) is 3.45. The van der Waals surface area contributed by atoms with Crippen LogP contribution in [-0.2, 0) is 4.74 Å². The third-order valence-electron chi connectivity index (χ3n) is 3.23. The van der Waals surface area contributed by atoms with Crippen molar-refractivity contribution in [2.24, 2.45) is 0 Å². The van der Waals surface area contributed by atoms with Crippen LogP contribution in [-0.4, -0.2) is 41.8 Å². The minimum absolute atomic E-state index is 0.187. The molecule has 110 valence electrons. The van der Waals surface area contributed by atoms with E-state index in [0.717, 1.165) is 32.4 Å². The van der Waals surface area contributed by atoms with Gasteiger partial charge >= 0.3 is 6.09 Å². The number of rotatable bonds is 5. The number of nitrogens with one attached hydrogen (secondary N) is 1. The zero-order valence-electron chi connectivity index (χ0n) is 12.7. The molecule has 0 bridgehead atoms. The summed E-state index contributed by atoms with van der Waals surface area (Å²) in [6.07, 6.45) is 4.78. The van der Waals surface area contributed by atoms with Crippen molar-refractivity contribution >= 4 is 6.09 Å². The SMILES string of the molecule is C=CCC(C)NCC1CCCN1C(=O)OC(C)(C)C. The van der Waals surface area contributed by atoms with Gasteiger partial charge in [-0.1, -0.05) is 6.08 Å². The van der Waals surface area contributed by atoms with Crippen LogP contribution in [0.25, 0.3) is 0 Å². The van der Waals surface area contributed by atoms with Gasteiger partial charge in [-0.3, -0.25) is 0 Å². The maximum absolute atomic E-state index is 12.1. The lowest BCUT2D eigenvalue weighted by atomic mass is 10.2. The fourth-order valence-corrected chi connectivity index (χ4v) is 2.28. The minimum Gasteiger partial charge on any atom is -0.444 e. The number of hydrogen-bond donors (Lipinski definition) is 1. The average molecular weight is 268 g/mol. The average Bonchev–Trinajstić information content (AvgIpc) is 2.72. The van der Waals surface area contributed by atoms with Gasteiger partial charge in [0.15, 0.2) is 0 Å². The van der Waals surface area contributed by atoms with Crippen LogP contribution in [0.4, 0.5) is 4.79 Å². The van der Waals surface area contributed by atoms with Crippen LogP contribution in [0.5, 0.6) is 0 Å². The zero-order chi connectivity index (χ0) is 14.5. The molecular formula is C15H28N2O2. The van der Waals surface area contributed by atoms with Gasteiger partial charge in [0.2, 0.25) is 0 Å². The summed E-state index contributed by atoms with van der Waals surface area (Å²) in [7, 11) is 0. The Kier molecular flexibility index (Phi) is 5.85. The molecule has 4 heteroatoms. The molecule has 19 heavy (non-hydrogen) atoms. The molecule has 0 spiro atoms. The molecule has 0 aromatic carbocycles. The Morgan fingerprint density at radius 3 is 2.84 bits per heavy atom. The molecule has 2 atom stereocenters. The molecule has 1 N–H and O–H groups in total. The van der Waals surface area contributed by atoms with Gasteiger partial charge < -0.3 is 15.0 Å². The van der Waals surface area contributed by atoms with Crippen LogP contribution in [0.3, 0.4) is 0 Å². The molecule has 1 aliphatic heterocycles. The predicted molar refractivity (Wildman–Crippen MR) is 78.2 cm³/mol. The van der Waals surface area contributed by atoms with Crippen molar-refractivity contribution in [3.8, 4) is 0 Å². The number of nitrogens with zero attached hydrogens (tertiary/aromatic N) is 1. The number of carbonyl (C=O) groups excluding carboxylic acids is 1. The van der Waals surface area contributed by atoms with Crippen LogP contribution < -0.4 is 5.32 Å². The Hall–Kier alpha value is -1.03. The zero-order valence-corrected chi connectivity index (χ0v) is 12.7. The fourth-order valence-electron chi connectivity index (χ4n) is 2.28. The first kappa shape index (κ1) is 16.0. The Balaban J connectivity index is 2.45. The van der Waals surface area contributed by atoms with Gasteiger partial charge in [0.1, 0.15) is 5.60 Å².